The molecule has 2 heterocycles. The van der Waals surface area contributed by atoms with Crippen LogP contribution in [0.4, 0.5) is 0 Å². The van der Waals surface area contributed by atoms with E-state index in [1.54, 1.807) is 21.0 Å². The van der Waals surface area contributed by atoms with Crippen molar-refractivity contribution in [2.75, 3.05) is 0 Å². The van der Waals surface area contributed by atoms with Gasteiger partial charge in [0.25, 0.3) is 0 Å². The third-order valence-electron chi connectivity index (χ3n) is 5.74. The van der Waals surface area contributed by atoms with Crippen molar-refractivity contribution in [3.63, 3.8) is 0 Å². The Kier molecular flexibility index (Phi) is 12.9. The van der Waals surface area contributed by atoms with Crippen molar-refractivity contribution in [2.45, 2.75) is 74.6 Å². The SMILES string of the molecule is C=CCc1ccc(C(C2=N/C(=C(/C)[O-])C=C2)C2=N/C(=C(/C)[O-])C=C2)cc1.CCC[CH2][Sn+2][CH2]CCC. The molecule has 0 aliphatic carbocycles. The number of aliphatic imine (C=N–C) groups is 2. The van der Waals surface area contributed by atoms with E-state index in [0.717, 1.165) is 23.4 Å². The van der Waals surface area contributed by atoms with Gasteiger partial charge in [0.2, 0.25) is 0 Å². The molecule has 0 amide bonds. The number of hydrogen-bond donors (Lipinski definition) is 0. The summed E-state index contributed by atoms with van der Waals surface area (Å²) in [5.41, 5.74) is 4.56. The number of nitrogens with zero attached hydrogens (tertiary/aromatic N) is 2. The van der Waals surface area contributed by atoms with Gasteiger partial charge in [0.1, 0.15) is 0 Å². The summed E-state index contributed by atoms with van der Waals surface area (Å²) in [6, 6.07) is 8.17. The van der Waals surface area contributed by atoms with Crippen molar-refractivity contribution in [2.24, 2.45) is 9.98 Å². The molecule has 0 atom stereocenters. The zero-order valence-corrected chi connectivity index (χ0v) is 24.5. The zero-order valence-electron chi connectivity index (χ0n) is 21.6. The summed E-state index contributed by atoms with van der Waals surface area (Å²) in [4.78, 5) is 8.97. The normalized spacial score (nSPS) is 16.9. The molecule has 2 aliphatic rings. The second-order valence-corrected chi connectivity index (χ2v) is 13.0. The first-order chi connectivity index (χ1) is 16.9. The molecular weight excluding hydrogens is 539 g/mol. The number of benzene rings is 1. The molecule has 0 bridgehead atoms. The molecule has 3 rings (SSSR count). The van der Waals surface area contributed by atoms with Crippen molar-refractivity contribution in [1.82, 2.24) is 0 Å². The van der Waals surface area contributed by atoms with Gasteiger partial charge in [-0.3, -0.25) is 9.98 Å². The maximum atomic E-state index is 11.6. The van der Waals surface area contributed by atoms with Crippen molar-refractivity contribution in [3.8, 4) is 0 Å². The Bertz CT molecular complexity index is 963. The molecule has 0 saturated carbocycles. The van der Waals surface area contributed by atoms with Crippen LogP contribution in [0, 0.1) is 0 Å². The van der Waals surface area contributed by atoms with Crippen LogP contribution >= 0.6 is 0 Å². The summed E-state index contributed by atoms with van der Waals surface area (Å²) in [5, 5.41) is 23.3. The van der Waals surface area contributed by atoms with Crippen LogP contribution < -0.4 is 10.2 Å². The third-order valence-corrected chi connectivity index (χ3v) is 9.78. The summed E-state index contributed by atoms with van der Waals surface area (Å²) >= 11 is 0.149. The van der Waals surface area contributed by atoms with Gasteiger partial charge in [-0.1, -0.05) is 44.2 Å². The summed E-state index contributed by atoms with van der Waals surface area (Å²) in [6.45, 7) is 11.3. The average molecular weight is 577 g/mol. The van der Waals surface area contributed by atoms with E-state index in [9.17, 15) is 10.2 Å². The fourth-order valence-electron chi connectivity index (χ4n) is 3.70. The molecule has 0 unspecified atom stereocenters. The molecule has 0 radical (unpaired) electrons. The Morgan fingerprint density at radius 2 is 1.34 bits per heavy atom. The molecule has 0 N–H and O–H groups in total. The van der Waals surface area contributed by atoms with Crippen LogP contribution in [0.1, 0.15) is 70.4 Å². The van der Waals surface area contributed by atoms with Gasteiger partial charge in [-0.15, -0.1) is 18.1 Å². The van der Waals surface area contributed by atoms with Crippen molar-refractivity contribution >= 4 is 32.6 Å². The molecule has 184 valence electrons. The van der Waals surface area contributed by atoms with Gasteiger partial charge in [-0.05, 0) is 41.9 Å². The second-order valence-electron chi connectivity index (χ2n) is 8.75. The average Bonchev–Trinajstić information content (AvgIpc) is 3.52. The van der Waals surface area contributed by atoms with E-state index in [1.807, 2.05) is 42.5 Å². The summed E-state index contributed by atoms with van der Waals surface area (Å²) in [6.07, 6.45) is 15.7. The molecule has 2 aliphatic heterocycles. The van der Waals surface area contributed by atoms with Crippen LogP contribution in [0.5, 0.6) is 0 Å². The zero-order chi connectivity index (χ0) is 25.6. The first kappa shape index (κ1) is 28.9. The van der Waals surface area contributed by atoms with Crippen LogP contribution in [-0.2, 0) is 6.42 Å². The molecule has 0 fully saturated rings. The molecule has 5 heteroatoms. The minimum absolute atomic E-state index is 0.0729. The van der Waals surface area contributed by atoms with Gasteiger partial charge in [0.15, 0.2) is 0 Å². The van der Waals surface area contributed by atoms with Gasteiger partial charge >= 0.3 is 69.5 Å². The van der Waals surface area contributed by atoms with E-state index in [0.29, 0.717) is 11.4 Å². The van der Waals surface area contributed by atoms with Gasteiger partial charge in [0, 0.05) is 0 Å². The molecule has 1 aromatic rings. The molecule has 0 aromatic heterocycles. The van der Waals surface area contributed by atoms with Crippen LogP contribution in [0.3, 0.4) is 0 Å². The Morgan fingerprint density at radius 1 is 0.857 bits per heavy atom. The van der Waals surface area contributed by atoms with Crippen molar-refractivity contribution in [1.29, 1.82) is 0 Å². The Balaban J connectivity index is 0.000000410. The topological polar surface area (TPSA) is 70.8 Å². The molecule has 0 saturated heterocycles. The van der Waals surface area contributed by atoms with Crippen molar-refractivity contribution < 1.29 is 10.2 Å². The number of unbranched alkanes of at least 4 members (excludes halogenated alkanes) is 2. The molecule has 35 heavy (non-hydrogen) atoms. The van der Waals surface area contributed by atoms with E-state index in [-0.39, 0.29) is 38.6 Å². The summed E-state index contributed by atoms with van der Waals surface area (Å²) in [7, 11) is 0. The quantitative estimate of drug-likeness (QED) is 0.144. The summed E-state index contributed by atoms with van der Waals surface area (Å²) < 4.78 is 3.25. The fraction of sp³-hybridized carbons (Fsp3) is 0.400. The van der Waals surface area contributed by atoms with E-state index in [1.165, 1.54) is 45.1 Å². The monoisotopic (exact) mass is 578 g/mol. The molecule has 4 nitrogen and oxygen atoms in total. The molecular formula is C30H38N2O2Sn. The van der Waals surface area contributed by atoms with E-state index in [4.69, 9.17) is 0 Å². The van der Waals surface area contributed by atoms with E-state index >= 15 is 0 Å². The van der Waals surface area contributed by atoms with Crippen LogP contribution in [-0.4, -0.2) is 32.6 Å². The fourth-order valence-corrected chi connectivity index (χ4v) is 7.86. The third kappa shape index (κ3) is 9.32. The standard InChI is InChI=1S/C22H22N2O2.2C4H9.Sn/c1-4-5-16-6-8-17(9-7-16)22(20-12-10-18(23-20)14(2)25)21-13-11-19(24-21)15(3)26;2*1-3-4-2;/h4,6-13,22,25-26H,1,5H2,2-3H3;2*1,3-4H2,2H3;/q;;;+2/p-2/b18-14-,19-15-;;;. The second kappa shape index (κ2) is 15.6. The summed E-state index contributed by atoms with van der Waals surface area (Å²) in [5.74, 6) is -0.374. The van der Waals surface area contributed by atoms with Gasteiger partial charge < -0.3 is 10.2 Å². The predicted molar refractivity (Wildman–Crippen MR) is 147 cm³/mol. The van der Waals surface area contributed by atoms with Gasteiger partial charge in [0.05, 0.1) is 28.7 Å². The maximum absolute atomic E-state index is 11.6. The Morgan fingerprint density at radius 3 is 1.71 bits per heavy atom. The first-order valence-corrected chi connectivity index (χ1v) is 16.6. The van der Waals surface area contributed by atoms with E-state index in [2.05, 4.69) is 30.4 Å². The number of allylic oxidation sites excluding steroid dienone is 7. The Hall–Kier alpha value is -2.34. The van der Waals surface area contributed by atoms with Crippen molar-refractivity contribution in [3.05, 3.63) is 95.3 Å². The predicted octanol–water partition coefficient (Wildman–Crippen LogP) is 5.83. The van der Waals surface area contributed by atoms with Gasteiger partial charge in [-0.2, -0.15) is 0 Å². The Labute approximate surface area is 221 Å². The molecule has 0 spiro atoms. The number of hydrogen-bond acceptors (Lipinski definition) is 4. The molecule has 1 aromatic carbocycles. The van der Waals surface area contributed by atoms with Crippen LogP contribution in [0.25, 0.3) is 0 Å². The number of rotatable bonds is 11. The van der Waals surface area contributed by atoms with E-state index < -0.39 is 0 Å². The van der Waals surface area contributed by atoms with Crippen LogP contribution in [0.2, 0.25) is 8.87 Å². The first-order valence-electron chi connectivity index (χ1n) is 12.6. The minimum atomic E-state index is -0.228. The van der Waals surface area contributed by atoms with Crippen LogP contribution in [0.15, 0.2) is 94.1 Å². The van der Waals surface area contributed by atoms with Gasteiger partial charge in [-0.25, -0.2) is 0 Å².